The molecule has 1 heterocycles. The molecule has 1 aliphatic rings. The van der Waals surface area contributed by atoms with E-state index in [2.05, 4.69) is 0 Å². The number of amides is 1. The summed E-state index contributed by atoms with van der Waals surface area (Å²) in [6.07, 6.45) is -0.157. The van der Waals surface area contributed by atoms with E-state index in [1.54, 1.807) is 47.4 Å². The third kappa shape index (κ3) is 4.90. The Morgan fingerprint density at radius 3 is 2.34 bits per heavy atom. The van der Waals surface area contributed by atoms with Crippen molar-refractivity contribution in [1.29, 1.82) is 0 Å². The number of cyclic esters (lactones) is 1. The highest BCUT2D eigenvalue weighted by Crippen LogP contribution is 2.39. The predicted octanol–water partition coefficient (Wildman–Crippen LogP) is 6.09. The molecule has 32 heavy (non-hydrogen) atoms. The minimum absolute atomic E-state index is 0.0699. The Balaban J connectivity index is 1.54. The Kier molecular flexibility index (Phi) is 6.68. The van der Waals surface area contributed by atoms with Gasteiger partial charge in [0.1, 0.15) is 0 Å². The standard InChI is InChI=1S/C25H21Cl2NO4/c26-21-12-11-20(15-22(21)27)25(13-14-31-23(29)19-9-5-2-6-10-19)17-28(24(30)32-25)16-18-7-3-1-4-8-18/h1-12,15H,13-14,16-17H2. The third-order valence-electron chi connectivity index (χ3n) is 5.40. The van der Waals surface area contributed by atoms with Crippen molar-refractivity contribution >= 4 is 35.3 Å². The van der Waals surface area contributed by atoms with Crippen LogP contribution >= 0.6 is 23.2 Å². The number of nitrogens with zero attached hydrogens (tertiary/aromatic N) is 1. The molecule has 1 amide bonds. The maximum Gasteiger partial charge on any atom is 0.411 e. The van der Waals surface area contributed by atoms with Crippen molar-refractivity contribution in [1.82, 2.24) is 4.90 Å². The first kappa shape index (κ1) is 22.2. The second kappa shape index (κ2) is 9.63. The fourth-order valence-electron chi connectivity index (χ4n) is 3.73. The van der Waals surface area contributed by atoms with Gasteiger partial charge in [0.15, 0.2) is 5.60 Å². The van der Waals surface area contributed by atoms with Crippen LogP contribution in [0, 0.1) is 0 Å². The van der Waals surface area contributed by atoms with E-state index in [1.165, 1.54) is 0 Å². The second-order valence-corrected chi connectivity index (χ2v) is 8.40. The van der Waals surface area contributed by atoms with E-state index in [0.29, 0.717) is 34.3 Å². The Morgan fingerprint density at radius 1 is 0.969 bits per heavy atom. The largest absolute Gasteiger partial charge is 0.462 e. The first-order chi connectivity index (χ1) is 15.5. The fraction of sp³-hybridized carbons (Fsp3) is 0.200. The van der Waals surface area contributed by atoms with Crippen LogP contribution in [-0.4, -0.2) is 30.1 Å². The highest BCUT2D eigenvalue weighted by molar-refractivity contribution is 6.42. The summed E-state index contributed by atoms with van der Waals surface area (Å²) < 4.78 is 11.4. The molecule has 1 unspecified atom stereocenters. The molecule has 0 bridgehead atoms. The molecule has 0 spiro atoms. The molecule has 1 saturated heterocycles. The zero-order valence-corrected chi connectivity index (χ0v) is 18.7. The lowest BCUT2D eigenvalue weighted by Crippen LogP contribution is -2.33. The molecule has 1 fully saturated rings. The lowest BCUT2D eigenvalue weighted by atomic mass is 9.90. The quantitative estimate of drug-likeness (QED) is 0.393. The molecule has 0 N–H and O–H groups in total. The molecule has 3 aromatic carbocycles. The molecule has 0 aliphatic carbocycles. The number of ether oxygens (including phenoxy) is 2. The second-order valence-electron chi connectivity index (χ2n) is 7.58. The smallest absolute Gasteiger partial charge is 0.411 e. The maximum absolute atomic E-state index is 12.8. The minimum Gasteiger partial charge on any atom is -0.462 e. The third-order valence-corrected chi connectivity index (χ3v) is 6.14. The van der Waals surface area contributed by atoms with Crippen LogP contribution in [0.2, 0.25) is 10.0 Å². The van der Waals surface area contributed by atoms with E-state index in [-0.39, 0.29) is 13.0 Å². The van der Waals surface area contributed by atoms with Crippen molar-refractivity contribution in [2.75, 3.05) is 13.2 Å². The van der Waals surface area contributed by atoms with Crippen molar-refractivity contribution in [3.63, 3.8) is 0 Å². The molecule has 0 aromatic heterocycles. The summed E-state index contributed by atoms with van der Waals surface area (Å²) in [5.41, 5.74) is 1.14. The monoisotopic (exact) mass is 469 g/mol. The number of halogens is 2. The molecular weight excluding hydrogens is 449 g/mol. The van der Waals surface area contributed by atoms with E-state index in [1.807, 2.05) is 36.4 Å². The van der Waals surface area contributed by atoms with Gasteiger partial charge in [-0.3, -0.25) is 4.90 Å². The fourth-order valence-corrected chi connectivity index (χ4v) is 4.03. The van der Waals surface area contributed by atoms with Gasteiger partial charge in [0.2, 0.25) is 0 Å². The van der Waals surface area contributed by atoms with Gasteiger partial charge in [0, 0.05) is 13.0 Å². The van der Waals surface area contributed by atoms with Crippen molar-refractivity contribution in [3.05, 3.63) is 106 Å². The lowest BCUT2D eigenvalue weighted by molar-refractivity contribution is 0.0156. The van der Waals surface area contributed by atoms with E-state index < -0.39 is 17.7 Å². The number of carbonyl (C=O) groups excluding carboxylic acids is 2. The molecule has 1 atom stereocenters. The number of esters is 1. The van der Waals surface area contributed by atoms with Gasteiger partial charge in [0.05, 0.1) is 28.8 Å². The van der Waals surface area contributed by atoms with Crippen molar-refractivity contribution < 1.29 is 19.1 Å². The molecule has 0 radical (unpaired) electrons. The van der Waals surface area contributed by atoms with E-state index in [0.717, 1.165) is 5.56 Å². The summed E-state index contributed by atoms with van der Waals surface area (Å²) in [4.78, 5) is 26.8. The number of benzene rings is 3. The van der Waals surface area contributed by atoms with E-state index >= 15 is 0 Å². The van der Waals surface area contributed by atoms with Gasteiger partial charge in [-0.05, 0) is 35.4 Å². The average molecular weight is 470 g/mol. The lowest BCUT2D eigenvalue weighted by Gasteiger charge is -2.27. The van der Waals surface area contributed by atoms with Gasteiger partial charge in [-0.2, -0.15) is 0 Å². The minimum atomic E-state index is -1.02. The van der Waals surface area contributed by atoms with Crippen LogP contribution in [0.5, 0.6) is 0 Å². The maximum atomic E-state index is 12.8. The van der Waals surface area contributed by atoms with Crippen LogP contribution in [0.3, 0.4) is 0 Å². The molecule has 0 saturated carbocycles. The van der Waals surface area contributed by atoms with Crippen LogP contribution < -0.4 is 0 Å². The van der Waals surface area contributed by atoms with Crippen molar-refractivity contribution in [2.24, 2.45) is 0 Å². The summed E-state index contributed by atoms with van der Waals surface area (Å²) >= 11 is 12.3. The summed E-state index contributed by atoms with van der Waals surface area (Å²) in [5, 5.41) is 0.772. The first-order valence-corrected chi connectivity index (χ1v) is 10.9. The van der Waals surface area contributed by atoms with Gasteiger partial charge < -0.3 is 9.47 Å². The zero-order valence-electron chi connectivity index (χ0n) is 17.2. The summed E-state index contributed by atoms with van der Waals surface area (Å²) in [6.45, 7) is 0.772. The molecule has 164 valence electrons. The Labute approximate surface area is 196 Å². The van der Waals surface area contributed by atoms with Crippen LogP contribution in [0.4, 0.5) is 4.79 Å². The van der Waals surface area contributed by atoms with Crippen LogP contribution in [0.15, 0.2) is 78.9 Å². The van der Waals surface area contributed by atoms with Crippen molar-refractivity contribution in [3.8, 4) is 0 Å². The van der Waals surface area contributed by atoms with Crippen molar-refractivity contribution in [2.45, 2.75) is 18.6 Å². The van der Waals surface area contributed by atoms with Gasteiger partial charge in [-0.1, -0.05) is 77.8 Å². The van der Waals surface area contributed by atoms with Gasteiger partial charge in [0.25, 0.3) is 0 Å². The van der Waals surface area contributed by atoms with E-state index in [4.69, 9.17) is 32.7 Å². The van der Waals surface area contributed by atoms with Gasteiger partial charge in [-0.25, -0.2) is 9.59 Å². The molecule has 5 nitrogen and oxygen atoms in total. The highest BCUT2D eigenvalue weighted by atomic mass is 35.5. The molecular formula is C25H21Cl2NO4. The first-order valence-electron chi connectivity index (χ1n) is 10.2. The SMILES string of the molecule is O=C(OCCC1(c2ccc(Cl)c(Cl)c2)CN(Cc2ccccc2)C(=O)O1)c1ccccc1. The predicted molar refractivity (Wildman–Crippen MR) is 123 cm³/mol. The number of hydrogen-bond donors (Lipinski definition) is 0. The highest BCUT2D eigenvalue weighted by Gasteiger charge is 2.46. The summed E-state index contributed by atoms with van der Waals surface area (Å²) in [7, 11) is 0. The topological polar surface area (TPSA) is 55.8 Å². The van der Waals surface area contributed by atoms with Gasteiger partial charge >= 0.3 is 12.1 Å². The molecule has 1 aliphatic heterocycles. The molecule has 7 heteroatoms. The van der Waals surface area contributed by atoms with E-state index in [9.17, 15) is 9.59 Å². The average Bonchev–Trinajstić information content (AvgIpc) is 3.12. The Morgan fingerprint density at radius 2 is 1.66 bits per heavy atom. The number of hydrogen-bond acceptors (Lipinski definition) is 4. The molecule has 3 aromatic rings. The molecule has 4 rings (SSSR count). The number of carbonyl (C=O) groups is 2. The summed E-state index contributed by atoms with van der Waals surface area (Å²) in [6, 6.07) is 23.6. The van der Waals surface area contributed by atoms with Crippen LogP contribution in [0.1, 0.15) is 27.9 Å². The number of rotatable bonds is 7. The zero-order chi connectivity index (χ0) is 22.6. The van der Waals surface area contributed by atoms with Crippen LogP contribution in [-0.2, 0) is 21.6 Å². The van der Waals surface area contributed by atoms with Crippen LogP contribution in [0.25, 0.3) is 0 Å². The summed E-state index contributed by atoms with van der Waals surface area (Å²) in [5.74, 6) is -0.430. The normalized spacial score (nSPS) is 17.8. The Hall–Kier alpha value is -3.02. The Bertz CT molecular complexity index is 1110. The van der Waals surface area contributed by atoms with Gasteiger partial charge in [-0.15, -0.1) is 0 Å².